The van der Waals surface area contributed by atoms with Crippen LogP contribution in [0.5, 0.6) is 11.5 Å². The number of nitrogens with one attached hydrogen (secondary N) is 1. The van der Waals surface area contributed by atoms with Gasteiger partial charge in [0.2, 0.25) is 0 Å². The third kappa shape index (κ3) is 5.24. The van der Waals surface area contributed by atoms with E-state index >= 15 is 0 Å². The summed E-state index contributed by atoms with van der Waals surface area (Å²) in [6.45, 7) is 12.3. The molecule has 1 aliphatic rings. The van der Waals surface area contributed by atoms with E-state index < -0.39 is 0 Å². The molecule has 2 N–H and O–H groups in total. The Bertz CT molecular complexity index is 925. The molecule has 0 aromatic heterocycles. The van der Waals surface area contributed by atoms with E-state index in [2.05, 4.69) is 70.3 Å². The number of hydrogen-bond acceptors (Lipinski definition) is 4. The van der Waals surface area contributed by atoms with Crippen LogP contribution in [0.2, 0.25) is 0 Å². The maximum absolute atomic E-state index is 9.67. The smallest absolute Gasteiger partial charge is 0.161 e. The highest BCUT2D eigenvalue weighted by atomic mass is 16.5. The van der Waals surface area contributed by atoms with Crippen LogP contribution in [-0.2, 0) is 13.0 Å². The average Bonchev–Trinajstić information content (AvgIpc) is 2.70. The van der Waals surface area contributed by atoms with Gasteiger partial charge in [-0.3, -0.25) is 0 Å². The number of ether oxygens (including phenoxy) is 2. The minimum absolute atomic E-state index is 0.0710. The van der Waals surface area contributed by atoms with Crippen LogP contribution in [0.1, 0.15) is 60.2 Å². The molecule has 1 atom stereocenters. The van der Waals surface area contributed by atoms with E-state index in [-0.39, 0.29) is 18.1 Å². The Hall–Kier alpha value is -2.30. The van der Waals surface area contributed by atoms with Crippen LogP contribution in [0.15, 0.2) is 30.3 Å². The van der Waals surface area contributed by atoms with E-state index in [1.807, 2.05) is 6.07 Å². The molecule has 0 saturated carbocycles. The minimum Gasteiger partial charge on any atom is -0.493 e. The van der Waals surface area contributed by atoms with Crippen LogP contribution >= 0.6 is 0 Å². The molecule has 0 radical (unpaired) electrons. The SMILES string of the molecule is COc1cc(C)c(/C=C/C2NCCc3cc(C)c(CO)cc32)cc1OCC(C)(C)C. The number of rotatable bonds is 6. The lowest BCUT2D eigenvalue weighted by molar-refractivity contribution is 0.191. The summed E-state index contributed by atoms with van der Waals surface area (Å²) in [6.07, 6.45) is 5.37. The molecule has 0 saturated heterocycles. The number of aryl methyl sites for hydroxylation is 2. The van der Waals surface area contributed by atoms with Crippen molar-refractivity contribution in [2.45, 2.75) is 53.7 Å². The molecule has 3 rings (SSSR count). The molecule has 1 aliphatic heterocycles. The Balaban J connectivity index is 1.89. The molecule has 0 fully saturated rings. The topological polar surface area (TPSA) is 50.7 Å². The predicted molar refractivity (Wildman–Crippen MR) is 123 cm³/mol. The summed E-state index contributed by atoms with van der Waals surface area (Å²) in [6, 6.07) is 8.59. The molecule has 0 aliphatic carbocycles. The van der Waals surface area contributed by atoms with Crippen molar-refractivity contribution in [2.75, 3.05) is 20.3 Å². The van der Waals surface area contributed by atoms with Gasteiger partial charge in [0.25, 0.3) is 0 Å². The third-order valence-electron chi connectivity index (χ3n) is 5.54. The van der Waals surface area contributed by atoms with Crippen LogP contribution in [-0.4, -0.2) is 25.4 Å². The summed E-state index contributed by atoms with van der Waals surface area (Å²) in [5.41, 5.74) is 7.10. The van der Waals surface area contributed by atoms with Gasteiger partial charge >= 0.3 is 0 Å². The number of methoxy groups -OCH3 is 1. The monoisotopic (exact) mass is 409 g/mol. The fourth-order valence-electron chi connectivity index (χ4n) is 3.78. The van der Waals surface area contributed by atoms with Crippen molar-refractivity contribution in [2.24, 2.45) is 5.41 Å². The average molecular weight is 410 g/mol. The summed E-state index contributed by atoms with van der Waals surface area (Å²) in [7, 11) is 1.68. The Kier molecular flexibility index (Phi) is 6.89. The van der Waals surface area contributed by atoms with Gasteiger partial charge in [0, 0.05) is 6.54 Å². The minimum atomic E-state index is 0.0710. The van der Waals surface area contributed by atoms with Gasteiger partial charge in [-0.25, -0.2) is 0 Å². The van der Waals surface area contributed by atoms with Gasteiger partial charge < -0.3 is 19.9 Å². The molecule has 162 valence electrons. The molecular weight excluding hydrogens is 374 g/mol. The zero-order chi connectivity index (χ0) is 21.9. The normalized spacial score (nSPS) is 16.6. The molecular formula is C26H35NO3. The number of aliphatic hydroxyl groups excluding tert-OH is 1. The van der Waals surface area contributed by atoms with Crippen LogP contribution in [0, 0.1) is 19.3 Å². The fraction of sp³-hybridized carbons (Fsp3) is 0.462. The van der Waals surface area contributed by atoms with Gasteiger partial charge in [0.15, 0.2) is 11.5 Å². The molecule has 30 heavy (non-hydrogen) atoms. The Morgan fingerprint density at radius 3 is 2.53 bits per heavy atom. The summed E-state index contributed by atoms with van der Waals surface area (Å²) in [5, 5.41) is 13.3. The zero-order valence-corrected chi connectivity index (χ0v) is 19.1. The van der Waals surface area contributed by atoms with Gasteiger partial charge in [-0.15, -0.1) is 0 Å². The molecule has 0 bridgehead atoms. The summed E-state index contributed by atoms with van der Waals surface area (Å²) in [4.78, 5) is 0. The van der Waals surface area contributed by atoms with E-state index in [1.54, 1.807) is 7.11 Å². The number of fused-ring (bicyclic) bond motifs is 1. The van der Waals surface area contributed by atoms with Gasteiger partial charge in [0.1, 0.15) is 0 Å². The predicted octanol–water partition coefficient (Wildman–Crippen LogP) is 5.13. The first-order chi connectivity index (χ1) is 14.2. The van der Waals surface area contributed by atoms with Crippen molar-refractivity contribution >= 4 is 6.08 Å². The van der Waals surface area contributed by atoms with E-state index in [0.29, 0.717) is 6.61 Å². The lowest BCUT2D eigenvalue weighted by Crippen LogP contribution is -2.28. The van der Waals surface area contributed by atoms with Crippen molar-refractivity contribution in [1.29, 1.82) is 0 Å². The molecule has 1 unspecified atom stereocenters. The highest BCUT2D eigenvalue weighted by Gasteiger charge is 2.19. The van der Waals surface area contributed by atoms with E-state index in [1.165, 1.54) is 11.1 Å². The van der Waals surface area contributed by atoms with Gasteiger partial charge in [-0.2, -0.15) is 0 Å². The second-order valence-corrected chi connectivity index (χ2v) is 9.39. The Labute approximate surface area is 180 Å². The Morgan fingerprint density at radius 1 is 1.10 bits per heavy atom. The number of aliphatic hydroxyl groups is 1. The maximum atomic E-state index is 9.67. The fourth-order valence-corrected chi connectivity index (χ4v) is 3.78. The molecule has 2 aromatic rings. The van der Waals surface area contributed by atoms with Crippen molar-refractivity contribution in [3.8, 4) is 11.5 Å². The summed E-state index contributed by atoms with van der Waals surface area (Å²) in [5.74, 6) is 1.53. The highest BCUT2D eigenvalue weighted by Crippen LogP contribution is 2.33. The standard InChI is InChI=1S/C26H35NO3/c1-17-11-20-9-10-27-23(22(20)13-21(17)15-28)8-7-19-14-25(30-16-26(3,4)5)24(29-6)12-18(19)2/h7-8,11-14,23,27-28H,9-10,15-16H2,1-6H3/b8-7+. The van der Waals surface area contributed by atoms with Crippen molar-refractivity contribution < 1.29 is 14.6 Å². The lowest BCUT2D eigenvalue weighted by atomic mass is 9.89. The first-order valence-corrected chi connectivity index (χ1v) is 10.7. The van der Waals surface area contributed by atoms with Gasteiger partial charge in [-0.1, -0.05) is 45.1 Å². The molecule has 4 nitrogen and oxygen atoms in total. The molecule has 4 heteroatoms. The van der Waals surface area contributed by atoms with Crippen LogP contribution < -0.4 is 14.8 Å². The molecule has 0 amide bonds. The van der Waals surface area contributed by atoms with Crippen LogP contribution in [0.3, 0.4) is 0 Å². The second-order valence-electron chi connectivity index (χ2n) is 9.39. The zero-order valence-electron chi connectivity index (χ0n) is 19.1. The van der Waals surface area contributed by atoms with E-state index in [0.717, 1.165) is 46.7 Å². The summed E-state index contributed by atoms with van der Waals surface area (Å²) < 4.78 is 11.6. The summed E-state index contributed by atoms with van der Waals surface area (Å²) >= 11 is 0. The lowest BCUT2D eigenvalue weighted by Gasteiger charge is -2.26. The van der Waals surface area contributed by atoms with Crippen molar-refractivity contribution in [1.82, 2.24) is 5.32 Å². The van der Waals surface area contributed by atoms with Crippen LogP contribution in [0.4, 0.5) is 0 Å². The van der Waals surface area contributed by atoms with Gasteiger partial charge in [0.05, 0.1) is 26.4 Å². The van der Waals surface area contributed by atoms with Crippen molar-refractivity contribution in [3.63, 3.8) is 0 Å². The maximum Gasteiger partial charge on any atom is 0.161 e. The number of hydrogen-bond donors (Lipinski definition) is 2. The second kappa shape index (κ2) is 9.23. The quantitative estimate of drug-likeness (QED) is 0.694. The van der Waals surface area contributed by atoms with E-state index in [9.17, 15) is 5.11 Å². The first kappa shape index (κ1) is 22.4. The molecule has 2 aromatic carbocycles. The highest BCUT2D eigenvalue weighted by molar-refractivity contribution is 5.61. The molecule has 1 heterocycles. The third-order valence-corrected chi connectivity index (χ3v) is 5.54. The number of benzene rings is 2. The first-order valence-electron chi connectivity index (χ1n) is 10.7. The Morgan fingerprint density at radius 2 is 1.87 bits per heavy atom. The van der Waals surface area contributed by atoms with Gasteiger partial charge in [-0.05, 0) is 71.2 Å². The van der Waals surface area contributed by atoms with Crippen molar-refractivity contribution in [3.05, 3.63) is 63.7 Å². The van der Waals surface area contributed by atoms with E-state index in [4.69, 9.17) is 9.47 Å². The largest absolute Gasteiger partial charge is 0.493 e. The molecule has 0 spiro atoms. The van der Waals surface area contributed by atoms with Crippen LogP contribution in [0.25, 0.3) is 6.08 Å².